The summed E-state index contributed by atoms with van der Waals surface area (Å²) < 4.78 is 15.9. The van der Waals surface area contributed by atoms with E-state index in [9.17, 15) is 0 Å². The van der Waals surface area contributed by atoms with Crippen LogP contribution in [0.1, 0.15) is 20.3 Å². The summed E-state index contributed by atoms with van der Waals surface area (Å²) in [4.78, 5) is 4.30. The van der Waals surface area contributed by atoms with Crippen molar-refractivity contribution in [1.82, 2.24) is 0 Å². The number of nitrogens with zero attached hydrogens (tertiary/aromatic N) is 1. The summed E-state index contributed by atoms with van der Waals surface area (Å²) in [7, 11) is 1.58. The zero-order valence-electron chi connectivity index (χ0n) is 7.53. The molecule has 0 aromatic heterocycles. The Bertz CT molecular complexity index is 228. The van der Waals surface area contributed by atoms with Gasteiger partial charge < -0.3 is 14.2 Å². The third-order valence-electron chi connectivity index (χ3n) is 2.33. The Morgan fingerprint density at radius 2 is 2.42 bits per heavy atom. The average Bonchev–Trinajstić information content (AvgIpc) is 2.30. The van der Waals surface area contributed by atoms with Gasteiger partial charge in [0.2, 0.25) is 0 Å². The summed E-state index contributed by atoms with van der Waals surface area (Å²) in [5.41, 5.74) is 0. The molecule has 0 N–H and O–H groups in total. The van der Waals surface area contributed by atoms with E-state index in [-0.39, 0.29) is 12.1 Å². The molecule has 2 heterocycles. The van der Waals surface area contributed by atoms with Gasteiger partial charge in [-0.15, -0.1) is 0 Å². The third-order valence-corrected chi connectivity index (χ3v) is 2.33. The quantitative estimate of drug-likeness (QED) is 0.620. The second kappa shape index (κ2) is 2.44. The number of methoxy groups -OCH3 is 1. The van der Waals surface area contributed by atoms with E-state index < -0.39 is 5.97 Å². The number of aliphatic imine (C=N–C) groups is 1. The summed E-state index contributed by atoms with van der Waals surface area (Å²) in [6, 6.07) is 0.0347. The maximum absolute atomic E-state index is 5.46. The normalized spacial score (nSPS) is 44.4. The first-order valence-corrected chi connectivity index (χ1v) is 4.18. The molecule has 2 aliphatic rings. The molecule has 2 aliphatic heterocycles. The van der Waals surface area contributed by atoms with Crippen molar-refractivity contribution in [3.63, 3.8) is 0 Å². The second-order valence-electron chi connectivity index (χ2n) is 3.07. The van der Waals surface area contributed by atoms with Crippen molar-refractivity contribution in [1.29, 1.82) is 0 Å². The predicted octanol–water partition coefficient (Wildman–Crippen LogP) is 0.913. The van der Waals surface area contributed by atoms with Gasteiger partial charge in [0, 0.05) is 14.0 Å². The van der Waals surface area contributed by atoms with Gasteiger partial charge in [-0.05, 0) is 6.42 Å². The molecule has 0 bridgehead atoms. The fourth-order valence-electron chi connectivity index (χ4n) is 1.69. The SMILES string of the molecule is CC[C@@H]1O[C@@]2(OC)OC(C)=N[C@@H]12. The number of hydrogen-bond acceptors (Lipinski definition) is 4. The lowest BCUT2D eigenvalue weighted by Crippen LogP contribution is -2.63. The van der Waals surface area contributed by atoms with Crippen LogP contribution >= 0.6 is 0 Å². The standard InChI is InChI=1S/C8H13NO3/c1-4-6-7-8(10-3,12-6)11-5(2)9-7/h6-7H,4H2,1-3H3/t6-,7-,8-/m0/s1. The minimum atomic E-state index is -0.884. The minimum absolute atomic E-state index is 0.0347. The molecule has 0 aliphatic carbocycles. The number of ether oxygens (including phenoxy) is 3. The second-order valence-corrected chi connectivity index (χ2v) is 3.07. The molecular formula is C8H13NO3. The van der Waals surface area contributed by atoms with Crippen LogP contribution in [0.25, 0.3) is 0 Å². The van der Waals surface area contributed by atoms with Gasteiger partial charge in [-0.2, -0.15) is 0 Å². The highest BCUT2D eigenvalue weighted by Crippen LogP contribution is 2.42. The van der Waals surface area contributed by atoms with Crippen LogP contribution in [0.15, 0.2) is 4.99 Å². The Hall–Kier alpha value is -0.610. The van der Waals surface area contributed by atoms with Gasteiger partial charge in [0.25, 0.3) is 0 Å². The van der Waals surface area contributed by atoms with E-state index in [0.29, 0.717) is 5.90 Å². The Balaban J connectivity index is 2.14. The highest BCUT2D eigenvalue weighted by Gasteiger charge is 2.62. The molecule has 4 nitrogen and oxygen atoms in total. The van der Waals surface area contributed by atoms with Gasteiger partial charge >= 0.3 is 5.97 Å². The van der Waals surface area contributed by atoms with E-state index in [1.54, 1.807) is 7.11 Å². The smallest absolute Gasteiger partial charge is 0.354 e. The summed E-state index contributed by atoms with van der Waals surface area (Å²) >= 11 is 0. The van der Waals surface area contributed by atoms with Gasteiger partial charge in [-0.25, -0.2) is 4.99 Å². The lowest BCUT2D eigenvalue weighted by atomic mass is 10.0. The van der Waals surface area contributed by atoms with E-state index >= 15 is 0 Å². The molecule has 3 atom stereocenters. The van der Waals surface area contributed by atoms with Gasteiger partial charge in [0.05, 0.1) is 6.10 Å². The largest absolute Gasteiger partial charge is 0.424 e. The molecule has 68 valence electrons. The Kier molecular flexibility index (Phi) is 1.63. The molecule has 0 amide bonds. The summed E-state index contributed by atoms with van der Waals surface area (Å²) in [5.74, 6) is -0.233. The third kappa shape index (κ3) is 0.820. The van der Waals surface area contributed by atoms with E-state index in [1.165, 1.54) is 0 Å². The van der Waals surface area contributed by atoms with E-state index in [4.69, 9.17) is 14.2 Å². The van der Waals surface area contributed by atoms with Crippen LogP contribution in [-0.4, -0.2) is 31.1 Å². The first kappa shape index (κ1) is 8.01. The molecular weight excluding hydrogens is 158 g/mol. The van der Waals surface area contributed by atoms with E-state index in [1.807, 2.05) is 6.92 Å². The molecule has 0 unspecified atom stereocenters. The molecule has 12 heavy (non-hydrogen) atoms. The van der Waals surface area contributed by atoms with Crippen LogP contribution in [0.3, 0.4) is 0 Å². The highest BCUT2D eigenvalue weighted by molar-refractivity contribution is 5.75. The van der Waals surface area contributed by atoms with Gasteiger partial charge in [-0.1, -0.05) is 6.92 Å². The molecule has 0 radical (unpaired) electrons. The lowest BCUT2D eigenvalue weighted by molar-refractivity contribution is -0.428. The molecule has 2 rings (SSSR count). The van der Waals surface area contributed by atoms with E-state index in [0.717, 1.165) is 6.42 Å². The number of fused-ring (bicyclic) bond motifs is 1. The van der Waals surface area contributed by atoms with Crippen LogP contribution in [-0.2, 0) is 14.2 Å². The zero-order chi connectivity index (χ0) is 8.77. The summed E-state index contributed by atoms with van der Waals surface area (Å²) in [6.07, 6.45) is 1.10. The highest BCUT2D eigenvalue weighted by atomic mass is 16.9. The fraction of sp³-hybridized carbons (Fsp3) is 0.875. The van der Waals surface area contributed by atoms with Crippen molar-refractivity contribution in [2.75, 3.05) is 7.11 Å². The molecule has 0 aromatic carbocycles. The maximum atomic E-state index is 5.46. The van der Waals surface area contributed by atoms with Crippen molar-refractivity contribution < 1.29 is 14.2 Å². The fourth-order valence-corrected chi connectivity index (χ4v) is 1.69. The summed E-state index contributed by atoms with van der Waals surface area (Å²) in [6.45, 7) is 3.88. The van der Waals surface area contributed by atoms with Gasteiger partial charge in [-0.3, -0.25) is 0 Å². The van der Waals surface area contributed by atoms with E-state index in [2.05, 4.69) is 11.9 Å². The van der Waals surface area contributed by atoms with Crippen LogP contribution in [0.4, 0.5) is 0 Å². The number of rotatable bonds is 2. The molecule has 0 aromatic rings. The Morgan fingerprint density at radius 3 is 3.00 bits per heavy atom. The van der Waals surface area contributed by atoms with Crippen molar-refractivity contribution >= 4 is 5.90 Å². The molecule has 0 spiro atoms. The topological polar surface area (TPSA) is 40.0 Å². The summed E-state index contributed by atoms with van der Waals surface area (Å²) in [5, 5.41) is 0. The zero-order valence-corrected chi connectivity index (χ0v) is 7.53. The molecule has 4 heteroatoms. The van der Waals surface area contributed by atoms with Crippen LogP contribution in [0.5, 0.6) is 0 Å². The molecule has 0 saturated carbocycles. The number of hydrogen-bond donors (Lipinski definition) is 0. The minimum Gasteiger partial charge on any atom is -0.424 e. The maximum Gasteiger partial charge on any atom is 0.354 e. The molecule has 1 saturated heterocycles. The first-order valence-electron chi connectivity index (χ1n) is 4.18. The van der Waals surface area contributed by atoms with Crippen molar-refractivity contribution in [3.8, 4) is 0 Å². The van der Waals surface area contributed by atoms with Crippen LogP contribution in [0, 0.1) is 0 Å². The Labute approximate surface area is 71.5 Å². The van der Waals surface area contributed by atoms with Crippen molar-refractivity contribution in [2.45, 2.75) is 38.4 Å². The van der Waals surface area contributed by atoms with Crippen LogP contribution < -0.4 is 0 Å². The van der Waals surface area contributed by atoms with Gasteiger partial charge in [0.15, 0.2) is 11.9 Å². The molecule has 1 fully saturated rings. The van der Waals surface area contributed by atoms with Gasteiger partial charge in [0.1, 0.15) is 0 Å². The monoisotopic (exact) mass is 171 g/mol. The first-order chi connectivity index (χ1) is 5.72. The Morgan fingerprint density at radius 1 is 1.67 bits per heavy atom. The van der Waals surface area contributed by atoms with Crippen molar-refractivity contribution in [2.24, 2.45) is 4.99 Å². The van der Waals surface area contributed by atoms with Crippen molar-refractivity contribution in [3.05, 3.63) is 0 Å². The lowest BCUT2D eigenvalue weighted by Gasteiger charge is -2.45. The average molecular weight is 171 g/mol. The predicted molar refractivity (Wildman–Crippen MR) is 42.9 cm³/mol. The van der Waals surface area contributed by atoms with Crippen LogP contribution in [0.2, 0.25) is 0 Å².